The number of nitrogens with one attached hydrogen (secondary N) is 1. The van der Waals surface area contributed by atoms with Crippen LogP contribution in [-0.4, -0.2) is 32.3 Å². The highest BCUT2D eigenvalue weighted by Gasteiger charge is 2.18. The number of ether oxygens (including phenoxy) is 3. The quantitative estimate of drug-likeness (QED) is 0.920. The van der Waals surface area contributed by atoms with Gasteiger partial charge in [0.2, 0.25) is 5.91 Å². The normalized spacial score (nSPS) is 18.6. The highest BCUT2D eigenvalue weighted by atomic mass is 16.6. The van der Waals surface area contributed by atoms with Crippen LogP contribution in [0.15, 0.2) is 18.2 Å². The Bertz CT molecular complexity index is 483. The largest absolute Gasteiger partial charge is 0.486 e. The number of hydrogen-bond donors (Lipinski definition) is 1. The molecule has 5 heteroatoms. The minimum atomic E-state index is 0.0496. The van der Waals surface area contributed by atoms with E-state index in [-0.39, 0.29) is 5.91 Å². The van der Waals surface area contributed by atoms with Gasteiger partial charge in [-0.1, -0.05) is 0 Å². The van der Waals surface area contributed by atoms with Crippen LogP contribution in [0.2, 0.25) is 0 Å². The van der Waals surface area contributed by atoms with E-state index in [2.05, 4.69) is 5.32 Å². The standard InChI is InChI=1S/C15H19NO4/c17-15(9-11-3-5-18-6-4-11)16-12-1-2-13-14(10-12)20-8-7-19-13/h1-2,10-11H,3-9H2,(H,16,17). The lowest BCUT2D eigenvalue weighted by Gasteiger charge is -2.22. The number of rotatable bonds is 3. The van der Waals surface area contributed by atoms with Gasteiger partial charge < -0.3 is 19.5 Å². The third-order valence-corrected chi connectivity index (χ3v) is 3.64. The third-order valence-electron chi connectivity index (χ3n) is 3.64. The second-order valence-corrected chi connectivity index (χ2v) is 5.17. The monoisotopic (exact) mass is 277 g/mol. The Labute approximate surface area is 118 Å². The number of benzene rings is 1. The Hall–Kier alpha value is -1.75. The van der Waals surface area contributed by atoms with Gasteiger partial charge >= 0.3 is 0 Å². The van der Waals surface area contributed by atoms with E-state index in [4.69, 9.17) is 14.2 Å². The molecule has 20 heavy (non-hydrogen) atoms. The maximum atomic E-state index is 12.0. The Morgan fingerprint density at radius 3 is 2.65 bits per heavy atom. The lowest BCUT2D eigenvalue weighted by molar-refractivity contribution is -0.117. The average Bonchev–Trinajstić information content (AvgIpc) is 2.48. The molecule has 0 bridgehead atoms. The van der Waals surface area contributed by atoms with Gasteiger partial charge in [-0.3, -0.25) is 4.79 Å². The Kier molecular flexibility index (Phi) is 4.06. The summed E-state index contributed by atoms with van der Waals surface area (Å²) >= 11 is 0. The van der Waals surface area contributed by atoms with Gasteiger partial charge in [0.1, 0.15) is 13.2 Å². The van der Waals surface area contributed by atoms with E-state index in [0.717, 1.165) is 37.5 Å². The van der Waals surface area contributed by atoms with E-state index < -0.39 is 0 Å². The fraction of sp³-hybridized carbons (Fsp3) is 0.533. The van der Waals surface area contributed by atoms with E-state index in [0.29, 0.717) is 31.3 Å². The lowest BCUT2D eigenvalue weighted by atomic mass is 9.96. The molecule has 1 N–H and O–H groups in total. The van der Waals surface area contributed by atoms with Crippen molar-refractivity contribution in [1.82, 2.24) is 0 Å². The van der Waals surface area contributed by atoms with Gasteiger partial charge in [0.05, 0.1) is 0 Å². The molecule has 0 saturated carbocycles. The van der Waals surface area contributed by atoms with Crippen molar-refractivity contribution < 1.29 is 19.0 Å². The summed E-state index contributed by atoms with van der Waals surface area (Å²) in [6.45, 7) is 2.65. The molecule has 1 aromatic rings. The minimum Gasteiger partial charge on any atom is -0.486 e. The number of carbonyl (C=O) groups is 1. The smallest absolute Gasteiger partial charge is 0.224 e. The highest BCUT2D eigenvalue weighted by Crippen LogP contribution is 2.32. The van der Waals surface area contributed by atoms with Crippen LogP contribution in [-0.2, 0) is 9.53 Å². The topological polar surface area (TPSA) is 56.8 Å². The minimum absolute atomic E-state index is 0.0496. The van der Waals surface area contributed by atoms with Crippen molar-refractivity contribution in [2.24, 2.45) is 5.92 Å². The van der Waals surface area contributed by atoms with E-state index in [1.165, 1.54) is 0 Å². The molecule has 5 nitrogen and oxygen atoms in total. The molecule has 2 heterocycles. The van der Waals surface area contributed by atoms with Crippen LogP contribution in [0.5, 0.6) is 11.5 Å². The Morgan fingerprint density at radius 2 is 1.85 bits per heavy atom. The van der Waals surface area contributed by atoms with Gasteiger partial charge in [0.15, 0.2) is 11.5 Å². The van der Waals surface area contributed by atoms with Gasteiger partial charge in [0.25, 0.3) is 0 Å². The van der Waals surface area contributed by atoms with Crippen molar-refractivity contribution in [3.8, 4) is 11.5 Å². The van der Waals surface area contributed by atoms with Gasteiger partial charge in [-0.05, 0) is 30.9 Å². The summed E-state index contributed by atoms with van der Waals surface area (Å²) in [5.74, 6) is 1.91. The van der Waals surface area contributed by atoms with E-state index >= 15 is 0 Å². The molecule has 0 aliphatic carbocycles. The molecule has 3 rings (SSSR count). The van der Waals surface area contributed by atoms with Crippen LogP contribution in [0.25, 0.3) is 0 Å². The first-order valence-corrected chi connectivity index (χ1v) is 7.08. The predicted molar refractivity (Wildman–Crippen MR) is 74.2 cm³/mol. The molecule has 1 fully saturated rings. The van der Waals surface area contributed by atoms with Gasteiger partial charge in [-0.15, -0.1) is 0 Å². The summed E-state index contributed by atoms with van der Waals surface area (Å²) in [5.41, 5.74) is 0.756. The van der Waals surface area contributed by atoms with E-state index in [1.54, 1.807) is 0 Å². The predicted octanol–water partition coefficient (Wildman–Crippen LogP) is 2.21. The molecule has 2 aliphatic heterocycles. The van der Waals surface area contributed by atoms with Crippen LogP contribution < -0.4 is 14.8 Å². The van der Waals surface area contributed by atoms with Crippen molar-refractivity contribution in [2.45, 2.75) is 19.3 Å². The molecule has 0 aromatic heterocycles. The number of carbonyl (C=O) groups excluding carboxylic acids is 1. The SMILES string of the molecule is O=C(CC1CCOCC1)Nc1ccc2c(c1)OCCO2. The first kappa shape index (κ1) is 13.2. The molecule has 0 spiro atoms. The zero-order valence-corrected chi connectivity index (χ0v) is 11.4. The van der Waals surface area contributed by atoms with Gasteiger partial charge in [-0.25, -0.2) is 0 Å². The molecule has 0 atom stereocenters. The zero-order chi connectivity index (χ0) is 13.8. The lowest BCUT2D eigenvalue weighted by Crippen LogP contribution is -2.22. The van der Waals surface area contributed by atoms with Crippen molar-refractivity contribution in [3.05, 3.63) is 18.2 Å². The number of amides is 1. The molecule has 1 aromatic carbocycles. The maximum Gasteiger partial charge on any atom is 0.224 e. The average molecular weight is 277 g/mol. The van der Waals surface area contributed by atoms with Gasteiger partial charge in [-0.2, -0.15) is 0 Å². The zero-order valence-electron chi connectivity index (χ0n) is 11.4. The van der Waals surface area contributed by atoms with Crippen molar-refractivity contribution in [1.29, 1.82) is 0 Å². The fourth-order valence-corrected chi connectivity index (χ4v) is 2.55. The summed E-state index contributed by atoms with van der Waals surface area (Å²) in [5, 5.41) is 2.92. The molecule has 1 amide bonds. The van der Waals surface area contributed by atoms with Crippen molar-refractivity contribution >= 4 is 11.6 Å². The van der Waals surface area contributed by atoms with Crippen molar-refractivity contribution in [3.63, 3.8) is 0 Å². The Morgan fingerprint density at radius 1 is 1.10 bits per heavy atom. The van der Waals surface area contributed by atoms with Gasteiger partial charge in [0, 0.05) is 31.4 Å². The van der Waals surface area contributed by atoms with Crippen molar-refractivity contribution in [2.75, 3.05) is 31.7 Å². The maximum absolute atomic E-state index is 12.0. The second-order valence-electron chi connectivity index (χ2n) is 5.17. The third kappa shape index (κ3) is 3.22. The first-order chi connectivity index (χ1) is 9.81. The molecular weight excluding hydrogens is 258 g/mol. The highest BCUT2D eigenvalue weighted by molar-refractivity contribution is 5.91. The summed E-state index contributed by atoms with van der Waals surface area (Å²) in [4.78, 5) is 12.0. The van der Waals surface area contributed by atoms with Crippen LogP contribution in [0.1, 0.15) is 19.3 Å². The van der Waals surface area contributed by atoms with E-state index in [1.807, 2.05) is 18.2 Å². The molecular formula is C15H19NO4. The summed E-state index contributed by atoms with van der Waals surface area (Å²) in [7, 11) is 0. The summed E-state index contributed by atoms with van der Waals surface area (Å²) < 4.78 is 16.3. The number of anilines is 1. The fourth-order valence-electron chi connectivity index (χ4n) is 2.55. The van der Waals surface area contributed by atoms with Crippen LogP contribution >= 0.6 is 0 Å². The molecule has 0 radical (unpaired) electrons. The van der Waals surface area contributed by atoms with Crippen LogP contribution in [0, 0.1) is 5.92 Å². The number of fused-ring (bicyclic) bond motifs is 1. The second kappa shape index (κ2) is 6.13. The summed E-state index contributed by atoms with van der Waals surface area (Å²) in [6, 6.07) is 5.49. The molecule has 2 aliphatic rings. The molecule has 0 unspecified atom stereocenters. The number of hydrogen-bond acceptors (Lipinski definition) is 4. The molecule has 108 valence electrons. The molecule has 1 saturated heterocycles. The summed E-state index contributed by atoms with van der Waals surface area (Å²) in [6.07, 6.45) is 2.49. The first-order valence-electron chi connectivity index (χ1n) is 7.08. The van der Waals surface area contributed by atoms with E-state index in [9.17, 15) is 4.79 Å². The van der Waals surface area contributed by atoms with Crippen LogP contribution in [0.4, 0.5) is 5.69 Å². The van der Waals surface area contributed by atoms with Crippen LogP contribution in [0.3, 0.4) is 0 Å². The Balaban J connectivity index is 1.58.